The van der Waals surface area contributed by atoms with Crippen LogP contribution in [0.1, 0.15) is 25.2 Å². The standard InChI is InChI=1S/C23H24N4O4/c1-13(2)31-20(29)10-14-4-6-15(7-5-14)27-12-19(28)21(22(27)24)23-25-17-9-8-16(30-3)11-18(17)26-23/h4-9,11,13,24,28H,10,12H2,1-3H3,(H,25,26). The van der Waals surface area contributed by atoms with Crippen LogP contribution in [-0.2, 0) is 16.0 Å². The van der Waals surface area contributed by atoms with Gasteiger partial charge in [0.1, 0.15) is 23.2 Å². The number of carbonyl (C=O) groups is 1. The second-order valence-electron chi connectivity index (χ2n) is 7.61. The number of hydrogen-bond donors (Lipinski definition) is 3. The molecule has 0 aliphatic carbocycles. The molecule has 160 valence electrons. The number of anilines is 1. The van der Waals surface area contributed by atoms with E-state index >= 15 is 0 Å². The van der Waals surface area contributed by atoms with E-state index in [-0.39, 0.29) is 36.6 Å². The molecule has 4 rings (SSSR count). The third-order valence-electron chi connectivity index (χ3n) is 4.99. The number of nitrogens with one attached hydrogen (secondary N) is 2. The lowest BCUT2D eigenvalue weighted by molar-refractivity contribution is -0.146. The van der Waals surface area contributed by atoms with Gasteiger partial charge in [0.15, 0.2) is 0 Å². The predicted octanol–water partition coefficient (Wildman–Crippen LogP) is 3.83. The number of aromatic nitrogens is 2. The van der Waals surface area contributed by atoms with Gasteiger partial charge in [-0.15, -0.1) is 0 Å². The topological polar surface area (TPSA) is 112 Å². The molecule has 0 saturated heterocycles. The average Bonchev–Trinajstić information content (AvgIpc) is 3.27. The lowest BCUT2D eigenvalue weighted by Crippen LogP contribution is -2.26. The molecule has 31 heavy (non-hydrogen) atoms. The number of fused-ring (bicyclic) bond motifs is 1. The molecule has 3 aromatic rings. The number of aliphatic hydroxyl groups excluding tert-OH is 1. The lowest BCUT2D eigenvalue weighted by Gasteiger charge is -2.19. The van der Waals surface area contributed by atoms with Crippen LogP contribution in [0.5, 0.6) is 5.75 Å². The van der Waals surface area contributed by atoms with Crippen LogP contribution in [0.4, 0.5) is 5.69 Å². The molecule has 1 aromatic heterocycles. The van der Waals surface area contributed by atoms with E-state index in [1.54, 1.807) is 12.0 Å². The number of benzene rings is 2. The zero-order valence-corrected chi connectivity index (χ0v) is 17.6. The molecule has 1 aliphatic rings. The van der Waals surface area contributed by atoms with Crippen LogP contribution in [0, 0.1) is 5.41 Å². The Morgan fingerprint density at radius 3 is 2.68 bits per heavy atom. The Balaban J connectivity index is 1.53. The Morgan fingerprint density at radius 1 is 1.26 bits per heavy atom. The maximum absolute atomic E-state index is 11.8. The van der Waals surface area contributed by atoms with Crippen molar-refractivity contribution in [2.75, 3.05) is 18.6 Å². The number of imidazole rings is 1. The maximum Gasteiger partial charge on any atom is 0.310 e. The average molecular weight is 420 g/mol. The smallest absolute Gasteiger partial charge is 0.310 e. The number of aliphatic hydroxyl groups is 1. The monoisotopic (exact) mass is 420 g/mol. The summed E-state index contributed by atoms with van der Waals surface area (Å²) in [5.41, 5.74) is 3.41. The zero-order valence-electron chi connectivity index (χ0n) is 17.6. The third-order valence-corrected chi connectivity index (χ3v) is 4.99. The molecule has 8 nitrogen and oxygen atoms in total. The fourth-order valence-electron chi connectivity index (χ4n) is 3.55. The van der Waals surface area contributed by atoms with E-state index in [1.807, 2.05) is 56.3 Å². The molecule has 2 aromatic carbocycles. The highest BCUT2D eigenvalue weighted by Crippen LogP contribution is 2.31. The van der Waals surface area contributed by atoms with Gasteiger partial charge in [-0.05, 0) is 43.7 Å². The fraction of sp³-hybridized carbons (Fsp3) is 0.261. The van der Waals surface area contributed by atoms with E-state index in [4.69, 9.17) is 14.9 Å². The highest BCUT2D eigenvalue weighted by molar-refractivity contribution is 6.30. The summed E-state index contributed by atoms with van der Waals surface area (Å²) < 4.78 is 10.4. The summed E-state index contributed by atoms with van der Waals surface area (Å²) in [6, 6.07) is 12.8. The van der Waals surface area contributed by atoms with Gasteiger partial charge in [-0.2, -0.15) is 0 Å². The number of H-pyrrole nitrogens is 1. The van der Waals surface area contributed by atoms with Crippen molar-refractivity contribution in [3.05, 3.63) is 59.6 Å². The number of rotatable bonds is 6. The zero-order chi connectivity index (χ0) is 22.1. The summed E-state index contributed by atoms with van der Waals surface area (Å²) in [6.45, 7) is 3.80. The molecule has 0 fully saturated rings. The second kappa shape index (κ2) is 8.14. The van der Waals surface area contributed by atoms with Crippen LogP contribution in [-0.4, -0.2) is 46.6 Å². The molecule has 1 aliphatic heterocycles. The van der Waals surface area contributed by atoms with Crippen molar-refractivity contribution >= 4 is 34.1 Å². The molecule has 0 bridgehead atoms. The molecular weight excluding hydrogens is 396 g/mol. The summed E-state index contributed by atoms with van der Waals surface area (Å²) in [6.07, 6.45) is 0.0382. The van der Waals surface area contributed by atoms with Crippen LogP contribution in [0.2, 0.25) is 0 Å². The summed E-state index contributed by atoms with van der Waals surface area (Å²) >= 11 is 0. The van der Waals surface area contributed by atoms with Crippen LogP contribution < -0.4 is 9.64 Å². The number of esters is 1. The Hall–Kier alpha value is -3.81. The number of methoxy groups -OCH3 is 1. The molecule has 2 heterocycles. The Kier molecular flexibility index (Phi) is 5.37. The quantitative estimate of drug-likeness (QED) is 0.523. The van der Waals surface area contributed by atoms with Gasteiger partial charge in [0.2, 0.25) is 0 Å². The molecule has 0 amide bonds. The van der Waals surface area contributed by atoms with Gasteiger partial charge in [-0.25, -0.2) is 4.98 Å². The first kappa shape index (κ1) is 20.5. The molecule has 3 N–H and O–H groups in total. The summed E-state index contributed by atoms with van der Waals surface area (Å²) in [5.74, 6) is 1.07. The van der Waals surface area contributed by atoms with Gasteiger partial charge in [0.25, 0.3) is 0 Å². The number of ether oxygens (including phenoxy) is 2. The number of nitrogens with zero attached hydrogens (tertiary/aromatic N) is 2. The molecule has 8 heteroatoms. The Morgan fingerprint density at radius 2 is 2.00 bits per heavy atom. The minimum atomic E-state index is -0.278. The van der Waals surface area contributed by atoms with E-state index in [0.29, 0.717) is 17.1 Å². The van der Waals surface area contributed by atoms with Gasteiger partial charge in [-0.3, -0.25) is 10.2 Å². The molecule has 0 atom stereocenters. The molecular formula is C23H24N4O4. The number of amidine groups is 1. The fourth-order valence-corrected chi connectivity index (χ4v) is 3.55. The molecule has 0 unspecified atom stereocenters. The van der Waals surface area contributed by atoms with Gasteiger partial charge in [0.05, 0.1) is 42.8 Å². The van der Waals surface area contributed by atoms with Crippen molar-refractivity contribution in [3.8, 4) is 5.75 Å². The minimum Gasteiger partial charge on any atom is -0.509 e. The van der Waals surface area contributed by atoms with Crippen molar-refractivity contribution in [2.24, 2.45) is 0 Å². The van der Waals surface area contributed by atoms with E-state index in [1.165, 1.54) is 0 Å². The van der Waals surface area contributed by atoms with Crippen LogP contribution in [0.3, 0.4) is 0 Å². The first-order valence-corrected chi connectivity index (χ1v) is 9.97. The van der Waals surface area contributed by atoms with Crippen molar-refractivity contribution in [2.45, 2.75) is 26.4 Å². The van der Waals surface area contributed by atoms with Crippen LogP contribution in [0.25, 0.3) is 16.6 Å². The first-order valence-electron chi connectivity index (χ1n) is 9.97. The SMILES string of the molecule is COc1ccc2nc(C3=C(O)CN(c4ccc(CC(=O)OC(C)C)cc4)C3=N)[nH]c2c1. The highest BCUT2D eigenvalue weighted by atomic mass is 16.5. The van der Waals surface area contributed by atoms with Crippen molar-refractivity contribution in [3.63, 3.8) is 0 Å². The van der Waals surface area contributed by atoms with Gasteiger partial charge in [-0.1, -0.05) is 12.1 Å². The lowest BCUT2D eigenvalue weighted by atomic mass is 10.1. The summed E-state index contributed by atoms with van der Waals surface area (Å²) in [4.78, 5) is 21.2. The molecule has 0 radical (unpaired) electrons. The van der Waals surface area contributed by atoms with Crippen molar-refractivity contribution < 1.29 is 19.4 Å². The van der Waals surface area contributed by atoms with Gasteiger partial charge >= 0.3 is 5.97 Å². The second-order valence-corrected chi connectivity index (χ2v) is 7.61. The Bertz CT molecular complexity index is 1180. The number of hydrogen-bond acceptors (Lipinski definition) is 6. The van der Waals surface area contributed by atoms with Crippen molar-refractivity contribution in [1.29, 1.82) is 5.41 Å². The van der Waals surface area contributed by atoms with Crippen LogP contribution >= 0.6 is 0 Å². The molecule has 0 spiro atoms. The summed E-state index contributed by atoms with van der Waals surface area (Å²) in [5, 5.41) is 19.2. The minimum absolute atomic E-state index is 0.0700. The normalized spacial score (nSPS) is 14.1. The Labute approximate surface area is 179 Å². The van der Waals surface area contributed by atoms with E-state index < -0.39 is 0 Å². The number of aromatic amines is 1. The third kappa shape index (κ3) is 4.09. The maximum atomic E-state index is 11.8. The summed E-state index contributed by atoms with van der Waals surface area (Å²) in [7, 11) is 1.59. The van der Waals surface area contributed by atoms with E-state index in [9.17, 15) is 9.90 Å². The van der Waals surface area contributed by atoms with Gasteiger partial charge < -0.3 is 24.5 Å². The van der Waals surface area contributed by atoms with Crippen molar-refractivity contribution in [1.82, 2.24) is 9.97 Å². The highest BCUT2D eigenvalue weighted by Gasteiger charge is 2.31. The van der Waals surface area contributed by atoms with E-state index in [0.717, 1.165) is 22.3 Å². The van der Waals surface area contributed by atoms with Crippen LogP contribution in [0.15, 0.2) is 48.2 Å². The van der Waals surface area contributed by atoms with Gasteiger partial charge in [0, 0.05) is 11.8 Å². The van der Waals surface area contributed by atoms with E-state index in [2.05, 4.69) is 9.97 Å². The largest absolute Gasteiger partial charge is 0.509 e. The first-order chi connectivity index (χ1) is 14.9. The molecule has 0 saturated carbocycles. The number of carbonyl (C=O) groups excluding carboxylic acids is 1. The predicted molar refractivity (Wildman–Crippen MR) is 119 cm³/mol.